The molecule has 0 saturated carbocycles. The molecule has 0 aliphatic rings. The highest BCUT2D eigenvalue weighted by atomic mass is 32.2. The molecule has 0 atom stereocenters. The molecule has 4 nitrogen and oxygen atoms in total. The molecule has 1 heterocycles. The molecule has 25 heavy (non-hydrogen) atoms. The standard InChI is InChI=1S/C20H21N3OS/c1-16-7-9-18(10-8-16)14-23-12-11-21-20(23)25-15-19(24)22-13-17-5-3-2-4-6-17/h2-12H,13-15H2,1H3,(H,22,24). The molecule has 0 spiro atoms. The van der Waals surface area contributed by atoms with E-state index in [4.69, 9.17) is 0 Å². The largest absolute Gasteiger partial charge is 0.351 e. The fourth-order valence-electron chi connectivity index (χ4n) is 2.42. The fraction of sp³-hybridized carbons (Fsp3) is 0.200. The highest BCUT2D eigenvalue weighted by Crippen LogP contribution is 2.17. The number of aromatic nitrogens is 2. The van der Waals surface area contributed by atoms with Gasteiger partial charge in [-0.1, -0.05) is 71.9 Å². The van der Waals surface area contributed by atoms with Crippen LogP contribution in [0.25, 0.3) is 0 Å². The summed E-state index contributed by atoms with van der Waals surface area (Å²) in [6.45, 7) is 3.39. The minimum atomic E-state index is 0.0127. The fourth-order valence-corrected chi connectivity index (χ4v) is 3.21. The molecule has 0 aliphatic heterocycles. The molecule has 0 saturated heterocycles. The van der Waals surface area contributed by atoms with E-state index in [0.29, 0.717) is 12.3 Å². The number of carbonyl (C=O) groups is 1. The number of carbonyl (C=O) groups excluding carboxylic acids is 1. The van der Waals surface area contributed by atoms with E-state index in [-0.39, 0.29) is 5.91 Å². The average molecular weight is 351 g/mol. The number of nitrogens with one attached hydrogen (secondary N) is 1. The number of hydrogen-bond acceptors (Lipinski definition) is 3. The van der Waals surface area contributed by atoms with E-state index in [9.17, 15) is 4.79 Å². The second kappa shape index (κ2) is 8.53. The quantitative estimate of drug-likeness (QED) is 0.661. The summed E-state index contributed by atoms with van der Waals surface area (Å²) in [6.07, 6.45) is 3.72. The summed E-state index contributed by atoms with van der Waals surface area (Å²) in [5.74, 6) is 0.372. The van der Waals surface area contributed by atoms with Gasteiger partial charge < -0.3 is 9.88 Å². The molecule has 0 radical (unpaired) electrons. The lowest BCUT2D eigenvalue weighted by Crippen LogP contribution is -2.24. The highest BCUT2D eigenvalue weighted by Gasteiger charge is 2.08. The van der Waals surface area contributed by atoms with Crippen LogP contribution < -0.4 is 5.32 Å². The maximum Gasteiger partial charge on any atom is 0.230 e. The first kappa shape index (κ1) is 17.3. The third-order valence-electron chi connectivity index (χ3n) is 3.82. The van der Waals surface area contributed by atoms with Crippen molar-refractivity contribution in [2.75, 3.05) is 5.75 Å². The van der Waals surface area contributed by atoms with Gasteiger partial charge in [-0.15, -0.1) is 0 Å². The van der Waals surface area contributed by atoms with E-state index in [1.54, 1.807) is 6.20 Å². The van der Waals surface area contributed by atoms with Crippen LogP contribution in [0.15, 0.2) is 72.1 Å². The summed E-state index contributed by atoms with van der Waals surface area (Å²) >= 11 is 1.46. The molecular weight excluding hydrogens is 330 g/mol. The SMILES string of the molecule is Cc1ccc(Cn2ccnc2SCC(=O)NCc2ccccc2)cc1. The number of aryl methyl sites for hydroxylation is 1. The molecule has 0 aliphatic carbocycles. The van der Waals surface area contributed by atoms with Crippen molar-refractivity contribution in [3.8, 4) is 0 Å². The van der Waals surface area contributed by atoms with Gasteiger partial charge in [0.2, 0.25) is 5.91 Å². The van der Waals surface area contributed by atoms with Crippen LogP contribution in [0.2, 0.25) is 0 Å². The van der Waals surface area contributed by atoms with Gasteiger partial charge in [-0.2, -0.15) is 0 Å². The van der Waals surface area contributed by atoms with Gasteiger partial charge in [0, 0.05) is 25.5 Å². The highest BCUT2D eigenvalue weighted by molar-refractivity contribution is 7.99. The molecule has 0 bridgehead atoms. The number of hydrogen-bond donors (Lipinski definition) is 1. The van der Waals surface area contributed by atoms with Crippen LogP contribution in [-0.2, 0) is 17.9 Å². The van der Waals surface area contributed by atoms with Gasteiger partial charge in [-0.3, -0.25) is 4.79 Å². The van der Waals surface area contributed by atoms with Gasteiger partial charge in [-0.05, 0) is 18.1 Å². The molecular formula is C20H21N3OS. The topological polar surface area (TPSA) is 46.9 Å². The summed E-state index contributed by atoms with van der Waals surface area (Å²) in [5.41, 5.74) is 3.57. The Bertz CT molecular complexity index is 812. The van der Waals surface area contributed by atoms with E-state index < -0.39 is 0 Å². The van der Waals surface area contributed by atoms with Crippen molar-refractivity contribution in [1.82, 2.24) is 14.9 Å². The van der Waals surface area contributed by atoms with Crippen molar-refractivity contribution in [2.24, 2.45) is 0 Å². The van der Waals surface area contributed by atoms with Crippen molar-refractivity contribution in [2.45, 2.75) is 25.2 Å². The summed E-state index contributed by atoms with van der Waals surface area (Å²) in [6, 6.07) is 18.4. The van der Waals surface area contributed by atoms with E-state index >= 15 is 0 Å². The number of amides is 1. The Morgan fingerprint density at radius 1 is 1.08 bits per heavy atom. The smallest absolute Gasteiger partial charge is 0.230 e. The number of rotatable bonds is 7. The predicted octanol–water partition coefficient (Wildman–Crippen LogP) is 3.65. The lowest BCUT2D eigenvalue weighted by Gasteiger charge is -2.08. The van der Waals surface area contributed by atoms with Gasteiger partial charge >= 0.3 is 0 Å². The first-order chi connectivity index (χ1) is 12.2. The van der Waals surface area contributed by atoms with Crippen molar-refractivity contribution in [1.29, 1.82) is 0 Å². The zero-order valence-corrected chi connectivity index (χ0v) is 15.0. The zero-order valence-electron chi connectivity index (χ0n) is 14.2. The van der Waals surface area contributed by atoms with Crippen molar-refractivity contribution in [3.63, 3.8) is 0 Å². The maximum atomic E-state index is 12.0. The second-order valence-corrected chi connectivity index (χ2v) is 6.82. The maximum absolute atomic E-state index is 12.0. The summed E-state index contributed by atoms with van der Waals surface area (Å²) in [7, 11) is 0. The van der Waals surface area contributed by atoms with Crippen LogP contribution in [0.4, 0.5) is 0 Å². The molecule has 3 aromatic rings. The normalized spacial score (nSPS) is 10.6. The molecule has 1 N–H and O–H groups in total. The van der Waals surface area contributed by atoms with Crippen LogP contribution >= 0.6 is 11.8 Å². The molecule has 0 unspecified atom stereocenters. The van der Waals surface area contributed by atoms with Crippen LogP contribution in [0.1, 0.15) is 16.7 Å². The van der Waals surface area contributed by atoms with E-state index in [0.717, 1.165) is 17.3 Å². The molecule has 128 valence electrons. The van der Waals surface area contributed by atoms with Crippen molar-refractivity contribution in [3.05, 3.63) is 83.7 Å². The van der Waals surface area contributed by atoms with Crippen molar-refractivity contribution < 1.29 is 4.79 Å². The van der Waals surface area contributed by atoms with Crippen molar-refractivity contribution >= 4 is 17.7 Å². The van der Waals surface area contributed by atoms with Gasteiger partial charge in [0.05, 0.1) is 5.75 Å². The Balaban J connectivity index is 1.51. The number of nitrogens with zero attached hydrogens (tertiary/aromatic N) is 2. The third kappa shape index (κ3) is 5.22. The van der Waals surface area contributed by atoms with E-state index in [2.05, 4.69) is 46.1 Å². The molecule has 5 heteroatoms. The Hall–Kier alpha value is -2.53. The van der Waals surface area contributed by atoms with Crippen LogP contribution in [0.3, 0.4) is 0 Å². The summed E-state index contributed by atoms with van der Waals surface area (Å²) in [4.78, 5) is 16.4. The van der Waals surface area contributed by atoms with Gasteiger partial charge in [0.15, 0.2) is 5.16 Å². The van der Waals surface area contributed by atoms with Crippen LogP contribution in [0.5, 0.6) is 0 Å². The number of thioether (sulfide) groups is 1. The Kier molecular flexibility index (Phi) is 5.90. The lowest BCUT2D eigenvalue weighted by molar-refractivity contribution is -0.118. The van der Waals surface area contributed by atoms with E-state index in [1.807, 2.05) is 36.5 Å². The second-order valence-electron chi connectivity index (χ2n) is 5.87. The zero-order chi connectivity index (χ0) is 17.5. The van der Waals surface area contributed by atoms with Gasteiger partial charge in [-0.25, -0.2) is 4.98 Å². The number of benzene rings is 2. The number of imidazole rings is 1. The Morgan fingerprint density at radius 2 is 1.84 bits per heavy atom. The molecule has 1 amide bonds. The first-order valence-corrected chi connectivity index (χ1v) is 9.19. The molecule has 0 fully saturated rings. The van der Waals surface area contributed by atoms with Crippen LogP contribution in [0, 0.1) is 6.92 Å². The monoisotopic (exact) mass is 351 g/mol. The van der Waals surface area contributed by atoms with E-state index in [1.165, 1.54) is 22.9 Å². The Labute approximate surface area is 152 Å². The summed E-state index contributed by atoms with van der Waals surface area (Å²) < 4.78 is 2.07. The lowest BCUT2D eigenvalue weighted by atomic mass is 10.1. The van der Waals surface area contributed by atoms with Gasteiger partial charge in [0.25, 0.3) is 0 Å². The molecule has 2 aromatic carbocycles. The first-order valence-electron chi connectivity index (χ1n) is 8.21. The summed E-state index contributed by atoms with van der Waals surface area (Å²) in [5, 5.41) is 3.80. The molecule has 3 rings (SSSR count). The third-order valence-corrected chi connectivity index (χ3v) is 4.82. The van der Waals surface area contributed by atoms with Crippen LogP contribution in [-0.4, -0.2) is 21.2 Å². The molecule has 1 aromatic heterocycles. The average Bonchev–Trinajstić information content (AvgIpc) is 3.08. The predicted molar refractivity (Wildman–Crippen MR) is 102 cm³/mol. The Morgan fingerprint density at radius 3 is 2.60 bits per heavy atom. The van der Waals surface area contributed by atoms with Gasteiger partial charge in [0.1, 0.15) is 0 Å². The minimum Gasteiger partial charge on any atom is -0.351 e. The minimum absolute atomic E-state index is 0.0127.